The van der Waals surface area contributed by atoms with Gasteiger partial charge in [0.25, 0.3) is 11.3 Å². The molecular formula is C25H20N4O2S. The maximum absolute atomic E-state index is 12.7. The van der Waals surface area contributed by atoms with E-state index in [9.17, 15) is 4.79 Å². The van der Waals surface area contributed by atoms with Gasteiger partial charge in [0.05, 0.1) is 10.9 Å². The molecule has 0 aliphatic heterocycles. The SMILES string of the molecule is O=c1cc(C(S)c2ccc(Oc3ccccc3)cc2)nc2nc(Cc3ccccc3)[nH]n12. The molecule has 0 aliphatic carbocycles. The van der Waals surface area contributed by atoms with Gasteiger partial charge in [0.1, 0.15) is 17.3 Å². The number of rotatable bonds is 6. The molecule has 32 heavy (non-hydrogen) atoms. The zero-order valence-corrected chi connectivity index (χ0v) is 17.9. The van der Waals surface area contributed by atoms with Gasteiger partial charge in [0.2, 0.25) is 0 Å². The highest BCUT2D eigenvalue weighted by Crippen LogP contribution is 2.29. The minimum absolute atomic E-state index is 0.222. The predicted octanol–water partition coefficient (Wildman–Crippen LogP) is 4.82. The first kappa shape index (κ1) is 20.1. The topological polar surface area (TPSA) is 72.3 Å². The summed E-state index contributed by atoms with van der Waals surface area (Å²) in [6.07, 6.45) is 0.589. The molecule has 2 aromatic heterocycles. The Labute approximate surface area is 190 Å². The van der Waals surface area contributed by atoms with Gasteiger partial charge in [-0.2, -0.15) is 22.1 Å². The van der Waals surface area contributed by atoms with Crippen molar-refractivity contribution in [1.29, 1.82) is 0 Å². The molecule has 0 saturated heterocycles. The molecule has 0 spiro atoms. The molecule has 5 rings (SSSR count). The number of hydrogen-bond donors (Lipinski definition) is 2. The maximum Gasteiger partial charge on any atom is 0.274 e. The Morgan fingerprint density at radius 2 is 1.53 bits per heavy atom. The fraction of sp³-hybridized carbons (Fsp3) is 0.0800. The van der Waals surface area contributed by atoms with Crippen LogP contribution in [-0.2, 0) is 6.42 Å². The number of ether oxygens (including phenoxy) is 1. The van der Waals surface area contributed by atoms with Crippen molar-refractivity contribution >= 4 is 18.4 Å². The van der Waals surface area contributed by atoms with Crippen LogP contribution < -0.4 is 10.3 Å². The van der Waals surface area contributed by atoms with Crippen LogP contribution in [-0.4, -0.2) is 19.6 Å². The molecule has 2 heterocycles. The zero-order valence-electron chi connectivity index (χ0n) is 17.1. The molecule has 1 atom stereocenters. The second-order valence-electron chi connectivity index (χ2n) is 7.37. The molecule has 7 heteroatoms. The lowest BCUT2D eigenvalue weighted by Gasteiger charge is -2.12. The van der Waals surface area contributed by atoms with Crippen LogP contribution in [0.25, 0.3) is 5.78 Å². The van der Waals surface area contributed by atoms with E-state index >= 15 is 0 Å². The van der Waals surface area contributed by atoms with E-state index in [1.807, 2.05) is 84.9 Å². The Morgan fingerprint density at radius 1 is 0.875 bits per heavy atom. The molecule has 0 bridgehead atoms. The third kappa shape index (κ3) is 4.29. The summed E-state index contributed by atoms with van der Waals surface area (Å²) in [6, 6.07) is 28.6. The fourth-order valence-corrected chi connectivity index (χ4v) is 3.77. The van der Waals surface area contributed by atoms with Crippen LogP contribution in [0, 0.1) is 0 Å². The molecule has 158 valence electrons. The van der Waals surface area contributed by atoms with Gasteiger partial charge in [0.15, 0.2) is 0 Å². The number of aromatic nitrogens is 4. The molecule has 1 unspecified atom stereocenters. The largest absolute Gasteiger partial charge is 0.457 e. The Kier molecular flexibility index (Phi) is 5.47. The number of aromatic amines is 1. The lowest BCUT2D eigenvalue weighted by molar-refractivity contribution is 0.482. The summed E-state index contributed by atoms with van der Waals surface area (Å²) < 4.78 is 7.20. The van der Waals surface area contributed by atoms with Crippen LogP contribution in [0.2, 0.25) is 0 Å². The van der Waals surface area contributed by atoms with E-state index < -0.39 is 0 Å². The number of hydrogen-bond acceptors (Lipinski definition) is 5. The first-order valence-electron chi connectivity index (χ1n) is 10.2. The lowest BCUT2D eigenvalue weighted by atomic mass is 10.1. The van der Waals surface area contributed by atoms with Gasteiger partial charge in [-0.3, -0.25) is 9.89 Å². The normalized spacial score (nSPS) is 12.0. The van der Waals surface area contributed by atoms with E-state index in [4.69, 9.17) is 17.4 Å². The van der Waals surface area contributed by atoms with E-state index in [1.54, 1.807) is 0 Å². The molecule has 0 amide bonds. The van der Waals surface area contributed by atoms with Crippen LogP contribution in [0.1, 0.15) is 27.9 Å². The molecule has 6 nitrogen and oxygen atoms in total. The molecule has 0 fully saturated rings. The van der Waals surface area contributed by atoms with Crippen LogP contribution in [0.15, 0.2) is 95.8 Å². The Morgan fingerprint density at radius 3 is 2.25 bits per heavy atom. The summed E-state index contributed by atoms with van der Waals surface area (Å²) in [4.78, 5) is 21.7. The highest BCUT2D eigenvalue weighted by atomic mass is 32.1. The van der Waals surface area contributed by atoms with Crippen LogP contribution in [0.5, 0.6) is 11.5 Å². The molecule has 5 aromatic rings. The van der Waals surface area contributed by atoms with Crippen molar-refractivity contribution in [3.63, 3.8) is 0 Å². The minimum atomic E-state index is -0.368. The second kappa shape index (κ2) is 8.72. The third-order valence-corrected chi connectivity index (χ3v) is 5.63. The Balaban J connectivity index is 1.38. The quantitative estimate of drug-likeness (QED) is 0.371. The van der Waals surface area contributed by atoms with Gasteiger partial charge < -0.3 is 4.74 Å². The smallest absolute Gasteiger partial charge is 0.274 e. The van der Waals surface area contributed by atoms with Crippen LogP contribution in [0.3, 0.4) is 0 Å². The van der Waals surface area contributed by atoms with Crippen molar-refractivity contribution < 1.29 is 4.74 Å². The van der Waals surface area contributed by atoms with Crippen LogP contribution >= 0.6 is 12.6 Å². The highest BCUT2D eigenvalue weighted by molar-refractivity contribution is 7.80. The van der Waals surface area contributed by atoms with Crippen molar-refractivity contribution in [2.24, 2.45) is 0 Å². The number of benzene rings is 3. The third-order valence-electron chi connectivity index (χ3n) is 5.07. The number of nitrogens with one attached hydrogen (secondary N) is 1. The van der Waals surface area contributed by atoms with Crippen molar-refractivity contribution in [3.05, 3.63) is 124 Å². The molecule has 0 aliphatic rings. The van der Waals surface area contributed by atoms with E-state index in [0.717, 1.165) is 22.6 Å². The number of thiol groups is 1. The molecule has 0 radical (unpaired) electrons. The van der Waals surface area contributed by atoms with Gasteiger partial charge in [-0.25, -0.2) is 4.98 Å². The van der Waals surface area contributed by atoms with Crippen molar-refractivity contribution in [1.82, 2.24) is 19.6 Å². The van der Waals surface area contributed by atoms with E-state index in [2.05, 4.69) is 15.1 Å². The average molecular weight is 441 g/mol. The monoisotopic (exact) mass is 440 g/mol. The van der Waals surface area contributed by atoms with Gasteiger partial charge in [-0.1, -0.05) is 60.7 Å². The highest BCUT2D eigenvalue weighted by Gasteiger charge is 2.16. The molecular weight excluding hydrogens is 420 g/mol. The van der Waals surface area contributed by atoms with Gasteiger partial charge in [-0.05, 0) is 35.4 Å². The number of para-hydroxylation sites is 1. The first-order chi connectivity index (χ1) is 15.7. The predicted molar refractivity (Wildman–Crippen MR) is 127 cm³/mol. The summed E-state index contributed by atoms with van der Waals surface area (Å²) >= 11 is 4.71. The zero-order chi connectivity index (χ0) is 21.9. The minimum Gasteiger partial charge on any atom is -0.457 e. The van der Waals surface area contributed by atoms with Crippen molar-refractivity contribution in [3.8, 4) is 11.5 Å². The summed E-state index contributed by atoms with van der Waals surface area (Å²) in [5, 5.41) is 2.67. The van der Waals surface area contributed by atoms with Gasteiger partial charge in [-0.15, -0.1) is 0 Å². The van der Waals surface area contributed by atoms with Crippen LogP contribution in [0.4, 0.5) is 0 Å². The maximum atomic E-state index is 12.7. The van der Waals surface area contributed by atoms with E-state index in [0.29, 0.717) is 23.7 Å². The second-order valence-corrected chi connectivity index (χ2v) is 7.89. The summed E-state index contributed by atoms with van der Waals surface area (Å²) in [5.41, 5.74) is 2.34. The summed E-state index contributed by atoms with van der Waals surface area (Å²) in [7, 11) is 0. The molecule has 1 N–H and O–H groups in total. The van der Waals surface area contributed by atoms with Gasteiger partial charge in [0, 0.05) is 12.5 Å². The number of fused-ring (bicyclic) bond motifs is 1. The van der Waals surface area contributed by atoms with Crippen molar-refractivity contribution in [2.75, 3.05) is 0 Å². The molecule has 0 saturated carbocycles. The summed E-state index contributed by atoms with van der Waals surface area (Å²) in [5.74, 6) is 2.51. The fourth-order valence-electron chi connectivity index (χ4n) is 3.46. The first-order valence-corrected chi connectivity index (χ1v) is 10.7. The Bertz CT molecular complexity index is 1400. The molecule has 3 aromatic carbocycles. The summed E-state index contributed by atoms with van der Waals surface area (Å²) in [6.45, 7) is 0. The standard InChI is InChI=1S/C25H20N4O2S/c30-23-16-21(26-25-27-22(28-29(23)25)15-17-7-3-1-4-8-17)24(32)18-11-13-20(14-12-18)31-19-9-5-2-6-10-19/h1-14,16,24,32H,15H2,(H,26,27,28). The number of H-pyrrole nitrogens is 1. The van der Waals surface area contributed by atoms with E-state index in [1.165, 1.54) is 10.6 Å². The van der Waals surface area contributed by atoms with Gasteiger partial charge >= 0.3 is 0 Å². The average Bonchev–Trinajstić information content (AvgIpc) is 3.23. The number of nitrogens with zero attached hydrogens (tertiary/aromatic N) is 3. The lowest BCUT2D eigenvalue weighted by Crippen LogP contribution is -2.16. The Hall–Kier alpha value is -3.84. The van der Waals surface area contributed by atoms with Crippen molar-refractivity contribution in [2.45, 2.75) is 11.7 Å². The van der Waals surface area contributed by atoms with E-state index in [-0.39, 0.29) is 10.8 Å².